The van der Waals surface area contributed by atoms with Gasteiger partial charge in [0.05, 0.1) is 16.8 Å². The standard InChI is InChI=1S/C18H16N2O2/c21-18(22)15-8-6-13(7-9-15)10-12-19-16-5-1-3-14-4-2-11-20-17(14)16/h1-9,11,19H,10,12H2,(H,21,22). The number of anilines is 1. The second-order valence-corrected chi connectivity index (χ2v) is 5.06. The van der Waals surface area contributed by atoms with E-state index in [-0.39, 0.29) is 0 Å². The summed E-state index contributed by atoms with van der Waals surface area (Å²) in [7, 11) is 0. The maximum Gasteiger partial charge on any atom is 0.335 e. The molecule has 0 aliphatic heterocycles. The molecule has 0 unspecified atom stereocenters. The lowest BCUT2D eigenvalue weighted by atomic mass is 10.1. The molecule has 0 bridgehead atoms. The fraction of sp³-hybridized carbons (Fsp3) is 0.111. The number of nitrogens with one attached hydrogen (secondary N) is 1. The molecule has 2 N–H and O–H groups in total. The lowest BCUT2D eigenvalue weighted by molar-refractivity contribution is 0.0697. The average molecular weight is 292 g/mol. The number of carbonyl (C=O) groups is 1. The van der Waals surface area contributed by atoms with Crippen molar-refractivity contribution in [2.75, 3.05) is 11.9 Å². The molecule has 3 rings (SSSR count). The highest BCUT2D eigenvalue weighted by Crippen LogP contribution is 2.20. The number of pyridine rings is 1. The van der Waals surface area contributed by atoms with Gasteiger partial charge in [-0.3, -0.25) is 4.98 Å². The van der Waals surface area contributed by atoms with Crippen LogP contribution in [0.1, 0.15) is 15.9 Å². The summed E-state index contributed by atoms with van der Waals surface area (Å²) in [5, 5.41) is 13.4. The highest BCUT2D eigenvalue weighted by Gasteiger charge is 2.03. The number of carboxylic acid groups (broad SMARTS) is 1. The minimum absolute atomic E-state index is 0.315. The van der Waals surface area contributed by atoms with E-state index in [9.17, 15) is 4.79 Å². The number of nitrogens with zero attached hydrogens (tertiary/aromatic N) is 1. The zero-order valence-electron chi connectivity index (χ0n) is 12.0. The highest BCUT2D eigenvalue weighted by molar-refractivity contribution is 5.90. The third-order valence-electron chi connectivity index (χ3n) is 3.56. The van der Waals surface area contributed by atoms with Crippen LogP contribution < -0.4 is 5.32 Å². The van der Waals surface area contributed by atoms with Crippen molar-refractivity contribution in [2.24, 2.45) is 0 Å². The zero-order valence-corrected chi connectivity index (χ0v) is 12.0. The molecular formula is C18H16N2O2. The molecular weight excluding hydrogens is 276 g/mol. The number of aromatic carboxylic acids is 1. The monoisotopic (exact) mass is 292 g/mol. The predicted molar refractivity (Wildman–Crippen MR) is 87.3 cm³/mol. The molecule has 0 atom stereocenters. The highest BCUT2D eigenvalue weighted by atomic mass is 16.4. The number of carboxylic acids is 1. The fourth-order valence-electron chi connectivity index (χ4n) is 2.40. The Balaban J connectivity index is 1.66. The topological polar surface area (TPSA) is 62.2 Å². The van der Waals surface area contributed by atoms with Gasteiger partial charge in [0.15, 0.2) is 0 Å². The Morgan fingerprint density at radius 3 is 2.59 bits per heavy atom. The number of hydrogen-bond donors (Lipinski definition) is 2. The first-order valence-corrected chi connectivity index (χ1v) is 7.14. The van der Waals surface area contributed by atoms with Crippen LogP contribution in [0.4, 0.5) is 5.69 Å². The molecule has 0 amide bonds. The predicted octanol–water partition coefficient (Wildman–Crippen LogP) is 3.59. The Morgan fingerprint density at radius 1 is 1.05 bits per heavy atom. The largest absolute Gasteiger partial charge is 0.478 e. The van der Waals surface area contributed by atoms with Crippen molar-refractivity contribution in [2.45, 2.75) is 6.42 Å². The van der Waals surface area contributed by atoms with Gasteiger partial charge in [0, 0.05) is 18.1 Å². The van der Waals surface area contributed by atoms with Crippen molar-refractivity contribution < 1.29 is 9.90 Å². The molecule has 3 aromatic rings. The van der Waals surface area contributed by atoms with Crippen LogP contribution in [0.5, 0.6) is 0 Å². The van der Waals surface area contributed by atoms with Gasteiger partial charge in [0.2, 0.25) is 0 Å². The summed E-state index contributed by atoms with van der Waals surface area (Å²) in [6.07, 6.45) is 2.61. The van der Waals surface area contributed by atoms with Gasteiger partial charge in [0.1, 0.15) is 0 Å². The maximum atomic E-state index is 10.8. The van der Waals surface area contributed by atoms with Gasteiger partial charge in [-0.05, 0) is 36.2 Å². The van der Waals surface area contributed by atoms with Crippen LogP contribution in [0.3, 0.4) is 0 Å². The molecule has 4 nitrogen and oxygen atoms in total. The van der Waals surface area contributed by atoms with E-state index in [1.54, 1.807) is 18.3 Å². The molecule has 0 radical (unpaired) electrons. The van der Waals surface area contributed by atoms with Crippen molar-refractivity contribution in [3.05, 3.63) is 71.9 Å². The van der Waals surface area contributed by atoms with Crippen LogP contribution in [0.25, 0.3) is 10.9 Å². The van der Waals surface area contributed by atoms with Gasteiger partial charge in [-0.25, -0.2) is 4.79 Å². The van der Waals surface area contributed by atoms with Gasteiger partial charge in [0.25, 0.3) is 0 Å². The SMILES string of the molecule is O=C(O)c1ccc(CCNc2cccc3cccnc23)cc1. The van der Waals surface area contributed by atoms with E-state index < -0.39 is 5.97 Å². The second kappa shape index (κ2) is 6.26. The zero-order chi connectivity index (χ0) is 15.4. The summed E-state index contributed by atoms with van der Waals surface area (Å²) in [5.74, 6) is -0.897. The molecule has 22 heavy (non-hydrogen) atoms. The molecule has 0 spiro atoms. The minimum atomic E-state index is -0.897. The normalized spacial score (nSPS) is 10.5. The summed E-state index contributed by atoms with van der Waals surface area (Å²) in [6.45, 7) is 0.766. The van der Waals surface area contributed by atoms with Gasteiger partial charge < -0.3 is 10.4 Å². The average Bonchev–Trinajstić information content (AvgIpc) is 2.55. The Hall–Kier alpha value is -2.88. The third-order valence-corrected chi connectivity index (χ3v) is 3.56. The first-order chi connectivity index (χ1) is 10.7. The van der Waals surface area contributed by atoms with Crippen molar-refractivity contribution in [1.82, 2.24) is 4.98 Å². The molecule has 0 aliphatic carbocycles. The van der Waals surface area contributed by atoms with Crippen molar-refractivity contribution in [1.29, 1.82) is 0 Å². The molecule has 2 aromatic carbocycles. The molecule has 110 valence electrons. The minimum Gasteiger partial charge on any atom is -0.478 e. The molecule has 0 fully saturated rings. The molecule has 0 saturated heterocycles. The first-order valence-electron chi connectivity index (χ1n) is 7.14. The Morgan fingerprint density at radius 2 is 1.82 bits per heavy atom. The van der Waals surface area contributed by atoms with Gasteiger partial charge >= 0.3 is 5.97 Å². The van der Waals surface area contributed by atoms with E-state index in [2.05, 4.69) is 10.3 Å². The van der Waals surface area contributed by atoms with Gasteiger partial charge in [-0.15, -0.1) is 0 Å². The Bertz CT molecular complexity index is 792. The molecule has 1 heterocycles. The summed E-state index contributed by atoms with van der Waals surface area (Å²) in [4.78, 5) is 15.2. The van der Waals surface area contributed by atoms with E-state index in [4.69, 9.17) is 5.11 Å². The van der Waals surface area contributed by atoms with Gasteiger partial charge in [-0.1, -0.05) is 30.3 Å². The second-order valence-electron chi connectivity index (χ2n) is 5.06. The molecule has 4 heteroatoms. The molecule has 1 aromatic heterocycles. The van der Waals surface area contributed by atoms with Crippen LogP contribution in [0.2, 0.25) is 0 Å². The third kappa shape index (κ3) is 3.06. The molecule has 0 saturated carbocycles. The number of hydrogen-bond acceptors (Lipinski definition) is 3. The lowest BCUT2D eigenvalue weighted by Gasteiger charge is -2.09. The van der Waals surface area contributed by atoms with E-state index >= 15 is 0 Å². The van der Waals surface area contributed by atoms with Crippen LogP contribution in [-0.4, -0.2) is 22.6 Å². The number of fused-ring (bicyclic) bond motifs is 1. The van der Waals surface area contributed by atoms with Crippen molar-refractivity contribution >= 4 is 22.6 Å². The number of aromatic nitrogens is 1. The van der Waals surface area contributed by atoms with Crippen LogP contribution in [0.15, 0.2) is 60.8 Å². The summed E-state index contributed by atoms with van der Waals surface area (Å²) < 4.78 is 0. The number of para-hydroxylation sites is 1. The Labute approximate surface area is 128 Å². The van der Waals surface area contributed by atoms with Crippen LogP contribution in [0, 0.1) is 0 Å². The smallest absolute Gasteiger partial charge is 0.335 e. The quantitative estimate of drug-likeness (QED) is 0.754. The van der Waals surface area contributed by atoms with Crippen LogP contribution in [-0.2, 0) is 6.42 Å². The summed E-state index contributed by atoms with van der Waals surface area (Å²) >= 11 is 0. The maximum absolute atomic E-state index is 10.8. The van der Waals surface area contributed by atoms with E-state index in [0.29, 0.717) is 5.56 Å². The lowest BCUT2D eigenvalue weighted by Crippen LogP contribution is -2.06. The summed E-state index contributed by atoms with van der Waals surface area (Å²) in [6, 6.07) is 17.0. The van der Waals surface area contributed by atoms with E-state index in [0.717, 1.165) is 35.1 Å². The van der Waals surface area contributed by atoms with Gasteiger partial charge in [-0.2, -0.15) is 0 Å². The first kappa shape index (κ1) is 14.1. The van der Waals surface area contributed by atoms with Crippen molar-refractivity contribution in [3.63, 3.8) is 0 Å². The fourth-order valence-corrected chi connectivity index (χ4v) is 2.40. The summed E-state index contributed by atoms with van der Waals surface area (Å²) in [5.41, 5.74) is 3.40. The van der Waals surface area contributed by atoms with Crippen LogP contribution >= 0.6 is 0 Å². The van der Waals surface area contributed by atoms with Crippen molar-refractivity contribution in [3.8, 4) is 0 Å². The van der Waals surface area contributed by atoms with E-state index in [1.807, 2.05) is 42.5 Å². The number of rotatable bonds is 5. The van der Waals surface area contributed by atoms with E-state index in [1.165, 1.54) is 0 Å². The number of benzene rings is 2. The molecule has 0 aliphatic rings. The Kier molecular flexibility index (Phi) is 4.01.